The van der Waals surface area contributed by atoms with E-state index in [0.29, 0.717) is 23.5 Å². The summed E-state index contributed by atoms with van der Waals surface area (Å²) in [6.45, 7) is 0.369. The lowest BCUT2D eigenvalue weighted by Gasteiger charge is -2.06. The van der Waals surface area contributed by atoms with E-state index >= 15 is 0 Å². The van der Waals surface area contributed by atoms with Gasteiger partial charge in [0, 0.05) is 5.56 Å². The Balaban J connectivity index is 2.02. The van der Waals surface area contributed by atoms with Crippen LogP contribution < -0.4 is 10.5 Å². The second kappa shape index (κ2) is 5.69. The van der Waals surface area contributed by atoms with Crippen LogP contribution in [-0.2, 0) is 6.61 Å². The summed E-state index contributed by atoms with van der Waals surface area (Å²) in [5.41, 5.74) is 7.11. The molecular weight excluding hydrogens is 240 g/mol. The van der Waals surface area contributed by atoms with Gasteiger partial charge in [-0.2, -0.15) is 5.26 Å². The van der Waals surface area contributed by atoms with Crippen molar-refractivity contribution in [2.45, 2.75) is 6.61 Å². The third-order valence-corrected chi connectivity index (χ3v) is 2.61. The zero-order chi connectivity index (χ0) is 13.7. The zero-order valence-electron chi connectivity index (χ0n) is 10.2. The van der Waals surface area contributed by atoms with Gasteiger partial charge in [0.05, 0.1) is 11.6 Å². The molecule has 0 aliphatic rings. The molecule has 0 spiro atoms. The van der Waals surface area contributed by atoms with E-state index in [0.717, 1.165) is 5.56 Å². The molecule has 94 valence electrons. The first kappa shape index (κ1) is 12.7. The molecule has 2 rings (SSSR count). The zero-order valence-corrected chi connectivity index (χ0v) is 10.2. The van der Waals surface area contributed by atoms with E-state index in [4.69, 9.17) is 15.7 Å². The Hall–Kier alpha value is -2.80. The van der Waals surface area contributed by atoms with Crippen molar-refractivity contribution in [1.82, 2.24) is 0 Å². The molecule has 0 unspecified atom stereocenters. The molecule has 0 aromatic heterocycles. The van der Waals surface area contributed by atoms with Gasteiger partial charge in [-0.15, -0.1) is 0 Å². The van der Waals surface area contributed by atoms with Crippen LogP contribution in [0.3, 0.4) is 0 Å². The number of nitrogens with two attached hydrogens (primary N) is 1. The number of nitriles is 1. The molecular formula is C15H12N2O2. The van der Waals surface area contributed by atoms with E-state index in [2.05, 4.69) is 6.07 Å². The third kappa shape index (κ3) is 3.33. The fraction of sp³-hybridized carbons (Fsp3) is 0.0667. The molecule has 2 aromatic carbocycles. The van der Waals surface area contributed by atoms with Gasteiger partial charge in [-0.3, -0.25) is 4.79 Å². The van der Waals surface area contributed by atoms with Crippen molar-refractivity contribution < 1.29 is 9.53 Å². The van der Waals surface area contributed by atoms with Gasteiger partial charge in [0.2, 0.25) is 5.91 Å². The summed E-state index contributed by atoms with van der Waals surface area (Å²) in [7, 11) is 0. The Morgan fingerprint density at radius 1 is 1.21 bits per heavy atom. The molecule has 0 bridgehead atoms. The summed E-state index contributed by atoms with van der Waals surface area (Å²) in [6, 6.07) is 15.9. The highest BCUT2D eigenvalue weighted by molar-refractivity contribution is 5.92. The Kier molecular flexibility index (Phi) is 3.79. The molecule has 1 amide bonds. The van der Waals surface area contributed by atoms with Gasteiger partial charge < -0.3 is 10.5 Å². The minimum atomic E-state index is -0.450. The molecule has 0 heterocycles. The van der Waals surface area contributed by atoms with Crippen LogP contribution in [0.2, 0.25) is 0 Å². The van der Waals surface area contributed by atoms with Crippen molar-refractivity contribution in [2.75, 3.05) is 0 Å². The highest BCUT2D eigenvalue weighted by atomic mass is 16.5. The number of ether oxygens (including phenoxy) is 1. The maximum atomic E-state index is 10.9. The highest BCUT2D eigenvalue weighted by Gasteiger charge is 2.01. The van der Waals surface area contributed by atoms with Crippen LogP contribution in [0.5, 0.6) is 5.75 Å². The summed E-state index contributed by atoms with van der Waals surface area (Å²) in [6.07, 6.45) is 0. The molecule has 4 heteroatoms. The molecule has 0 saturated carbocycles. The Morgan fingerprint density at radius 2 is 1.95 bits per heavy atom. The Labute approximate surface area is 111 Å². The van der Waals surface area contributed by atoms with E-state index in [9.17, 15) is 4.79 Å². The van der Waals surface area contributed by atoms with Crippen molar-refractivity contribution in [3.8, 4) is 11.8 Å². The fourth-order valence-electron chi connectivity index (χ4n) is 1.59. The number of hydrogen-bond donors (Lipinski definition) is 1. The average Bonchev–Trinajstić information content (AvgIpc) is 2.46. The summed E-state index contributed by atoms with van der Waals surface area (Å²) in [5.74, 6) is 0.187. The van der Waals surface area contributed by atoms with E-state index in [1.165, 1.54) is 0 Å². The normalized spacial score (nSPS) is 9.63. The second-order valence-corrected chi connectivity index (χ2v) is 3.99. The van der Waals surface area contributed by atoms with Crippen LogP contribution in [0.1, 0.15) is 21.5 Å². The number of primary amides is 1. The molecule has 2 N–H and O–H groups in total. The number of carbonyl (C=O) groups excluding carboxylic acids is 1. The van der Waals surface area contributed by atoms with Crippen molar-refractivity contribution in [1.29, 1.82) is 5.26 Å². The van der Waals surface area contributed by atoms with Crippen LogP contribution in [0, 0.1) is 11.3 Å². The van der Waals surface area contributed by atoms with Crippen LogP contribution in [0.15, 0.2) is 48.5 Å². The topological polar surface area (TPSA) is 76.1 Å². The largest absolute Gasteiger partial charge is 0.489 e. The predicted molar refractivity (Wildman–Crippen MR) is 70.4 cm³/mol. The van der Waals surface area contributed by atoms with Gasteiger partial charge in [-0.25, -0.2) is 0 Å². The average molecular weight is 252 g/mol. The summed E-state index contributed by atoms with van der Waals surface area (Å²) in [5, 5.41) is 8.78. The SMILES string of the molecule is N#Cc1cccc(OCc2ccc(C(N)=O)cc2)c1. The van der Waals surface area contributed by atoms with E-state index in [1.807, 2.05) is 0 Å². The van der Waals surface area contributed by atoms with Crippen molar-refractivity contribution in [3.63, 3.8) is 0 Å². The van der Waals surface area contributed by atoms with E-state index in [-0.39, 0.29) is 0 Å². The Bertz CT molecular complexity index is 627. The van der Waals surface area contributed by atoms with Crippen LogP contribution >= 0.6 is 0 Å². The molecule has 2 aromatic rings. The number of carbonyl (C=O) groups is 1. The van der Waals surface area contributed by atoms with Crippen molar-refractivity contribution >= 4 is 5.91 Å². The van der Waals surface area contributed by atoms with Crippen LogP contribution in [0.4, 0.5) is 0 Å². The molecule has 0 aliphatic heterocycles. The summed E-state index contributed by atoms with van der Waals surface area (Å²) in [4.78, 5) is 10.9. The number of hydrogen-bond acceptors (Lipinski definition) is 3. The molecule has 0 saturated heterocycles. The lowest BCUT2D eigenvalue weighted by atomic mass is 10.1. The first-order chi connectivity index (χ1) is 9.19. The molecule has 4 nitrogen and oxygen atoms in total. The van der Waals surface area contributed by atoms with E-state index < -0.39 is 5.91 Å². The second-order valence-electron chi connectivity index (χ2n) is 3.99. The number of nitrogens with zero attached hydrogens (tertiary/aromatic N) is 1. The van der Waals surface area contributed by atoms with Crippen LogP contribution in [-0.4, -0.2) is 5.91 Å². The highest BCUT2D eigenvalue weighted by Crippen LogP contribution is 2.15. The minimum absolute atomic E-state index is 0.369. The standard InChI is InChI=1S/C15H12N2O2/c16-9-12-2-1-3-14(8-12)19-10-11-4-6-13(7-5-11)15(17)18/h1-8H,10H2,(H2,17,18). The van der Waals surface area contributed by atoms with Crippen molar-refractivity contribution in [2.24, 2.45) is 5.73 Å². The van der Waals surface area contributed by atoms with Gasteiger partial charge in [0.25, 0.3) is 0 Å². The number of amides is 1. The van der Waals surface area contributed by atoms with Gasteiger partial charge in [0.1, 0.15) is 12.4 Å². The lowest BCUT2D eigenvalue weighted by Crippen LogP contribution is -2.10. The number of benzene rings is 2. The third-order valence-electron chi connectivity index (χ3n) is 2.61. The first-order valence-electron chi connectivity index (χ1n) is 5.71. The Morgan fingerprint density at radius 3 is 2.58 bits per heavy atom. The van der Waals surface area contributed by atoms with Gasteiger partial charge in [-0.05, 0) is 35.9 Å². The quantitative estimate of drug-likeness (QED) is 0.906. The molecule has 19 heavy (non-hydrogen) atoms. The summed E-state index contributed by atoms with van der Waals surface area (Å²) >= 11 is 0. The van der Waals surface area contributed by atoms with E-state index in [1.54, 1.807) is 48.5 Å². The molecule has 0 fully saturated rings. The molecule has 0 atom stereocenters. The molecule has 0 radical (unpaired) electrons. The van der Waals surface area contributed by atoms with Crippen molar-refractivity contribution in [3.05, 3.63) is 65.2 Å². The van der Waals surface area contributed by atoms with Crippen LogP contribution in [0.25, 0.3) is 0 Å². The monoisotopic (exact) mass is 252 g/mol. The lowest BCUT2D eigenvalue weighted by molar-refractivity contribution is 0.1000. The number of rotatable bonds is 4. The van der Waals surface area contributed by atoms with Gasteiger partial charge in [0.15, 0.2) is 0 Å². The smallest absolute Gasteiger partial charge is 0.248 e. The van der Waals surface area contributed by atoms with Gasteiger partial charge >= 0.3 is 0 Å². The fourth-order valence-corrected chi connectivity index (χ4v) is 1.59. The maximum absolute atomic E-state index is 10.9. The maximum Gasteiger partial charge on any atom is 0.248 e. The first-order valence-corrected chi connectivity index (χ1v) is 5.71. The van der Waals surface area contributed by atoms with Gasteiger partial charge in [-0.1, -0.05) is 18.2 Å². The summed E-state index contributed by atoms with van der Waals surface area (Å²) < 4.78 is 5.57. The predicted octanol–water partition coefficient (Wildman–Crippen LogP) is 2.24. The minimum Gasteiger partial charge on any atom is -0.489 e. The molecule has 0 aliphatic carbocycles.